The number of alkyl halides is 1. The number of nitrogens with zero attached hydrogens (tertiary/aromatic N) is 2. The lowest BCUT2D eigenvalue weighted by Gasteiger charge is -2.24. The fraction of sp³-hybridized carbons (Fsp3) is 0.455. The Hall–Kier alpha value is -1.08. The monoisotopic (exact) mass is 525 g/mol. The summed E-state index contributed by atoms with van der Waals surface area (Å²) in [5, 5.41) is 10.2. The van der Waals surface area contributed by atoms with E-state index in [-0.39, 0.29) is 10.6 Å². The average Bonchev–Trinajstić information content (AvgIpc) is 2.82. The third-order valence-electron chi connectivity index (χ3n) is 3.59. The maximum absolute atomic E-state index is 15.2. The van der Waals surface area contributed by atoms with Crippen LogP contribution in [0.3, 0.4) is 0 Å². The van der Waals surface area contributed by atoms with Gasteiger partial charge in [-0.25, -0.2) is 23.1 Å². The van der Waals surface area contributed by atoms with Gasteiger partial charge in [0.15, 0.2) is 6.23 Å². The molecular formula is C11H15FN3O12P3S. The number of nitrogen functional groups attached to an aromatic ring is 1. The van der Waals surface area contributed by atoms with Gasteiger partial charge in [-0.15, -0.1) is 6.42 Å². The van der Waals surface area contributed by atoms with E-state index in [4.69, 9.17) is 43.8 Å². The van der Waals surface area contributed by atoms with Crippen LogP contribution in [0, 0.1) is 17.1 Å². The molecule has 0 bridgehead atoms. The molecule has 0 saturated carbocycles. The molecule has 1 aliphatic rings. The van der Waals surface area contributed by atoms with Gasteiger partial charge in [0.05, 0.1) is 6.61 Å². The van der Waals surface area contributed by atoms with Crippen molar-refractivity contribution in [2.45, 2.75) is 24.1 Å². The topological polar surface area (TPSA) is 233 Å². The fourth-order valence-corrected chi connectivity index (χ4v) is 5.68. The van der Waals surface area contributed by atoms with Gasteiger partial charge >= 0.3 is 23.5 Å². The quantitative estimate of drug-likeness (QED) is 0.150. The molecule has 0 radical (unpaired) electrons. The zero-order chi connectivity index (χ0) is 23.8. The lowest BCUT2D eigenvalue weighted by molar-refractivity contribution is -0.0525. The molecule has 1 aliphatic heterocycles. The van der Waals surface area contributed by atoms with Crippen LogP contribution in [0.25, 0.3) is 0 Å². The van der Waals surface area contributed by atoms with Crippen molar-refractivity contribution in [2.75, 3.05) is 12.3 Å². The number of terminal acetylenes is 1. The third-order valence-corrected chi connectivity index (χ3v) is 7.69. The number of hydrogen-bond donors (Lipinski definition) is 6. The average molecular weight is 525 g/mol. The summed E-state index contributed by atoms with van der Waals surface area (Å²) in [7, 11) is -16.9. The van der Waals surface area contributed by atoms with Crippen LogP contribution in [-0.2, 0) is 31.6 Å². The van der Waals surface area contributed by atoms with Crippen molar-refractivity contribution < 1.29 is 60.6 Å². The van der Waals surface area contributed by atoms with E-state index in [2.05, 4.69) is 18.1 Å². The van der Waals surface area contributed by atoms with Crippen LogP contribution in [0.15, 0.2) is 12.3 Å². The minimum atomic E-state index is -5.76. The number of ether oxygens (including phenoxy) is 1. The second-order valence-corrected chi connectivity index (χ2v) is 10.6. The third kappa shape index (κ3) is 6.47. The van der Waals surface area contributed by atoms with Crippen LogP contribution in [-0.4, -0.2) is 58.7 Å². The van der Waals surface area contributed by atoms with Gasteiger partial charge in [-0.3, -0.25) is 9.09 Å². The standard InChI is InChI=1S/C11H15FN3O12P3S/c1-2-11(12)8(16)6(25-9(11)15-4-3-7(13)14-10(15)31)5-24-29(20,21)27-30(22,23)26-28(17,18)19/h1,3-4,6,8-9,16H,5H2,(H,20,21)(H,22,23)(H2,13,14,31)(H2,17,18,19)/t6-,8+,9-,11?/m1/s1. The second-order valence-electron chi connectivity index (χ2n) is 5.81. The Bertz CT molecular complexity index is 1090. The number of hydrogen-bond acceptors (Lipinski definition) is 11. The molecule has 0 spiro atoms. The van der Waals surface area contributed by atoms with Crippen LogP contribution in [0.1, 0.15) is 6.23 Å². The molecule has 1 saturated heterocycles. The number of anilines is 1. The number of phosphoric acid groups is 3. The van der Waals surface area contributed by atoms with Crippen LogP contribution >= 0.6 is 35.7 Å². The molecule has 20 heteroatoms. The number of aliphatic hydroxyl groups is 1. The van der Waals surface area contributed by atoms with E-state index in [0.29, 0.717) is 0 Å². The molecule has 6 atom stereocenters. The molecule has 0 aromatic carbocycles. The molecule has 2 rings (SSSR count). The van der Waals surface area contributed by atoms with Gasteiger partial charge in [-0.2, -0.15) is 8.62 Å². The van der Waals surface area contributed by atoms with Crippen molar-refractivity contribution in [1.82, 2.24) is 9.55 Å². The van der Waals surface area contributed by atoms with Crippen LogP contribution < -0.4 is 5.73 Å². The first-order valence-electron chi connectivity index (χ1n) is 7.63. The van der Waals surface area contributed by atoms with E-state index in [0.717, 1.165) is 4.57 Å². The highest BCUT2D eigenvalue weighted by atomic mass is 32.1. The maximum Gasteiger partial charge on any atom is 0.490 e. The normalized spacial score (nSPS) is 30.3. The number of phosphoric ester groups is 1. The Morgan fingerprint density at radius 3 is 2.45 bits per heavy atom. The van der Waals surface area contributed by atoms with Gasteiger partial charge in [0.25, 0.3) is 0 Å². The Balaban J connectivity index is 2.18. The van der Waals surface area contributed by atoms with Crippen molar-refractivity contribution in [3.63, 3.8) is 0 Å². The van der Waals surface area contributed by atoms with Crippen LogP contribution in [0.5, 0.6) is 0 Å². The van der Waals surface area contributed by atoms with Crippen molar-refractivity contribution in [3.05, 3.63) is 17.0 Å². The molecule has 0 aliphatic carbocycles. The molecule has 3 unspecified atom stereocenters. The highest BCUT2D eigenvalue weighted by molar-refractivity contribution is 7.71. The molecule has 31 heavy (non-hydrogen) atoms. The van der Waals surface area contributed by atoms with Gasteiger partial charge in [0.1, 0.15) is 18.0 Å². The van der Waals surface area contributed by atoms with Gasteiger partial charge in [0, 0.05) is 6.20 Å². The largest absolute Gasteiger partial charge is 0.490 e. The molecule has 7 N–H and O–H groups in total. The van der Waals surface area contributed by atoms with Gasteiger partial charge < -0.3 is 35.2 Å². The van der Waals surface area contributed by atoms with Crippen molar-refractivity contribution in [2.24, 2.45) is 0 Å². The fourth-order valence-electron chi connectivity index (χ4n) is 2.39. The predicted octanol–water partition coefficient (Wildman–Crippen LogP) is 0.138. The first-order chi connectivity index (χ1) is 14.0. The lowest BCUT2D eigenvalue weighted by atomic mass is 9.97. The second kappa shape index (κ2) is 9.05. The van der Waals surface area contributed by atoms with Gasteiger partial charge in [-0.05, 0) is 18.3 Å². The summed E-state index contributed by atoms with van der Waals surface area (Å²) >= 11 is 4.93. The number of rotatable bonds is 8. The molecule has 1 aromatic rings. The van der Waals surface area contributed by atoms with E-state index >= 15 is 4.39 Å². The lowest BCUT2D eigenvalue weighted by Crippen LogP contribution is -2.42. The molecule has 174 valence electrons. The van der Waals surface area contributed by atoms with E-state index < -0.39 is 54.2 Å². The SMILES string of the molecule is C#CC1(F)[C@@H](O)[C@@H](COP(=O)(O)OP(=O)(O)OP(=O)(O)O)O[C@H]1n1ccc(N)nc1=S. The number of aliphatic hydroxyl groups excluding tert-OH is 1. The first kappa shape index (κ1) is 26.2. The van der Waals surface area contributed by atoms with E-state index in [1.807, 2.05) is 0 Å². The van der Waals surface area contributed by atoms with Gasteiger partial charge in [-0.1, -0.05) is 5.92 Å². The number of nitrogens with two attached hydrogens (primary N) is 1. The summed E-state index contributed by atoms with van der Waals surface area (Å²) in [5.41, 5.74) is 2.52. The summed E-state index contributed by atoms with van der Waals surface area (Å²) in [6.45, 7) is -1.13. The molecule has 0 amide bonds. The minimum Gasteiger partial charge on any atom is -0.386 e. The van der Waals surface area contributed by atoms with Crippen molar-refractivity contribution >= 4 is 41.5 Å². The van der Waals surface area contributed by atoms with Gasteiger partial charge in [0.2, 0.25) is 10.4 Å². The zero-order valence-electron chi connectivity index (χ0n) is 14.9. The van der Waals surface area contributed by atoms with Crippen LogP contribution in [0.2, 0.25) is 0 Å². The highest BCUT2D eigenvalue weighted by Gasteiger charge is 2.58. The van der Waals surface area contributed by atoms with E-state index in [1.165, 1.54) is 12.3 Å². The Labute approximate surface area is 178 Å². The van der Waals surface area contributed by atoms with Crippen molar-refractivity contribution in [1.29, 1.82) is 0 Å². The molecule has 1 aromatic heterocycles. The summed E-state index contributed by atoms with van der Waals surface area (Å²) in [6, 6.07) is 1.22. The summed E-state index contributed by atoms with van der Waals surface area (Å²) in [5.74, 6) is 1.69. The molecule has 2 heterocycles. The summed E-state index contributed by atoms with van der Waals surface area (Å²) in [6.07, 6.45) is 0.656. The number of halogens is 1. The molecule has 1 fully saturated rings. The Kier molecular flexibility index (Phi) is 7.64. The Morgan fingerprint density at radius 2 is 1.94 bits per heavy atom. The van der Waals surface area contributed by atoms with E-state index in [9.17, 15) is 23.7 Å². The van der Waals surface area contributed by atoms with E-state index in [1.54, 1.807) is 5.92 Å². The summed E-state index contributed by atoms with van der Waals surface area (Å²) in [4.78, 5) is 39.2. The minimum absolute atomic E-state index is 0.00540. The highest BCUT2D eigenvalue weighted by Crippen LogP contribution is 2.66. The number of aromatic nitrogens is 2. The Morgan fingerprint density at radius 1 is 1.32 bits per heavy atom. The first-order valence-corrected chi connectivity index (χ1v) is 12.6. The molecular weight excluding hydrogens is 510 g/mol. The maximum atomic E-state index is 15.2. The smallest absolute Gasteiger partial charge is 0.386 e. The van der Waals surface area contributed by atoms with Crippen molar-refractivity contribution in [3.8, 4) is 12.3 Å². The van der Waals surface area contributed by atoms with Crippen LogP contribution in [0.4, 0.5) is 10.2 Å². The molecule has 15 nitrogen and oxygen atoms in total. The summed E-state index contributed by atoms with van der Waals surface area (Å²) < 4.78 is 66.2. The zero-order valence-corrected chi connectivity index (χ0v) is 18.4. The predicted molar refractivity (Wildman–Crippen MR) is 99.9 cm³/mol.